The van der Waals surface area contributed by atoms with Gasteiger partial charge in [0.15, 0.2) is 0 Å². The summed E-state index contributed by atoms with van der Waals surface area (Å²) < 4.78 is 187. The van der Waals surface area contributed by atoms with E-state index in [4.69, 9.17) is 0 Å². The van der Waals surface area contributed by atoms with Crippen molar-refractivity contribution in [3.63, 3.8) is 0 Å². The summed E-state index contributed by atoms with van der Waals surface area (Å²) in [6, 6.07) is 37.3. The minimum absolute atomic E-state index is 0.0495. The third kappa shape index (κ3) is 4.96. The number of aromatic nitrogens is 2. The number of hydrogen-bond acceptors (Lipinski definition) is 0. The molecule has 9 aromatic carbocycles. The Morgan fingerprint density at radius 2 is 0.847 bits per heavy atom. The lowest BCUT2D eigenvalue weighted by atomic mass is 9.33. The molecule has 1 aliphatic carbocycles. The van der Waals surface area contributed by atoms with Gasteiger partial charge < -0.3 is 9.13 Å². The summed E-state index contributed by atoms with van der Waals surface area (Å²) in [6.45, 7) is -1.48. The molecule has 0 bridgehead atoms. The lowest BCUT2D eigenvalue weighted by molar-refractivity contribution is -0.138. The minimum atomic E-state index is -5.10. The van der Waals surface area contributed by atoms with Gasteiger partial charge in [-0.25, -0.2) is 0 Å². The van der Waals surface area contributed by atoms with Gasteiger partial charge in [0.2, 0.25) is 0 Å². The first-order chi connectivity index (χ1) is 34.3. The lowest BCUT2D eigenvalue weighted by Crippen LogP contribution is -2.61. The topological polar surface area (TPSA) is 9.86 Å². The maximum atomic E-state index is 15.6. The summed E-state index contributed by atoms with van der Waals surface area (Å²) in [6.07, 6.45) is -20.1. The molecule has 0 amide bonds. The molecule has 15 heteroatoms. The van der Waals surface area contributed by atoms with Gasteiger partial charge in [0.1, 0.15) is 0 Å². The SMILES string of the molecule is FC(F)(F)c1ccc2c(c1)c1cc(C(F)(F)F)cc3c1n2-c1c(-c2cccc4ccccc24)cc2c4c1B3c1cc(C(F)(F)F)cc3c5cc(C(F)(F)F)cc(c5n-4c13)C21c2ccccc2-c2ccccc21. The van der Waals surface area contributed by atoms with Crippen molar-refractivity contribution >= 4 is 77.5 Å². The molecule has 72 heavy (non-hydrogen) atoms. The summed E-state index contributed by atoms with van der Waals surface area (Å²) in [5, 5.41) is 0.723. The molecule has 0 fully saturated rings. The zero-order chi connectivity index (χ0) is 49.5. The number of alkyl halides is 12. The number of hydrogen-bond donors (Lipinski definition) is 0. The van der Waals surface area contributed by atoms with Crippen LogP contribution in [-0.2, 0) is 30.1 Å². The predicted octanol–water partition coefficient (Wildman–Crippen LogP) is 14.6. The summed E-state index contributed by atoms with van der Waals surface area (Å²) in [7, 11) is 0. The van der Waals surface area contributed by atoms with E-state index in [0.29, 0.717) is 55.7 Å². The largest absolute Gasteiger partial charge is 0.416 e. The Morgan fingerprint density at radius 1 is 0.347 bits per heavy atom. The normalized spacial score (nSPS) is 15.0. The molecular formula is C57H25BF12N2. The van der Waals surface area contributed by atoms with Gasteiger partial charge in [-0.3, -0.25) is 0 Å². The summed E-state index contributed by atoms with van der Waals surface area (Å²) in [5.74, 6) is 0. The van der Waals surface area contributed by atoms with E-state index < -0.39 is 59.1 Å². The van der Waals surface area contributed by atoms with E-state index in [2.05, 4.69) is 0 Å². The maximum Gasteiger partial charge on any atom is 0.416 e. The fourth-order valence-electron chi connectivity index (χ4n) is 13.2. The third-order valence-electron chi connectivity index (χ3n) is 15.7. The van der Waals surface area contributed by atoms with Crippen molar-refractivity contribution < 1.29 is 52.7 Å². The fraction of sp³-hybridized carbons (Fsp3) is 0.0877. The number of fused-ring (bicyclic) bond motifs is 15. The molecule has 0 N–H and O–H groups in total. The minimum Gasteiger partial charge on any atom is -0.310 e. The predicted molar refractivity (Wildman–Crippen MR) is 254 cm³/mol. The number of nitrogens with zero attached hydrogens (tertiary/aromatic N) is 2. The molecule has 4 aliphatic rings. The van der Waals surface area contributed by atoms with E-state index in [-0.39, 0.29) is 65.6 Å². The highest BCUT2D eigenvalue weighted by Crippen LogP contribution is 2.63. The first-order valence-corrected chi connectivity index (χ1v) is 22.7. The molecule has 0 saturated heterocycles. The van der Waals surface area contributed by atoms with E-state index >= 15 is 39.5 Å². The monoisotopic (exact) mass is 976 g/mol. The van der Waals surface area contributed by atoms with Crippen LogP contribution in [0.3, 0.4) is 0 Å². The molecular weight excluding hydrogens is 951 g/mol. The van der Waals surface area contributed by atoms with Crippen LogP contribution in [0, 0.1) is 0 Å². The Morgan fingerprint density at radius 3 is 1.47 bits per heavy atom. The Balaban J connectivity index is 1.27. The number of benzene rings is 9. The van der Waals surface area contributed by atoms with Gasteiger partial charge in [0.05, 0.1) is 44.4 Å². The van der Waals surface area contributed by atoms with Gasteiger partial charge in [-0.2, -0.15) is 52.7 Å². The Labute approximate surface area is 398 Å². The van der Waals surface area contributed by atoms with Gasteiger partial charge in [-0.05, 0) is 115 Å². The molecule has 0 atom stereocenters. The molecule has 350 valence electrons. The molecule has 0 unspecified atom stereocenters. The van der Waals surface area contributed by atoms with Gasteiger partial charge in [0.25, 0.3) is 6.71 Å². The first-order valence-electron chi connectivity index (χ1n) is 22.7. The van der Waals surface area contributed by atoms with Crippen LogP contribution >= 0.6 is 0 Å². The van der Waals surface area contributed by atoms with Crippen LogP contribution in [0.1, 0.15) is 44.5 Å². The van der Waals surface area contributed by atoms with Gasteiger partial charge in [-0.1, -0.05) is 103 Å². The second kappa shape index (κ2) is 12.9. The summed E-state index contributed by atoms with van der Waals surface area (Å²) in [5.41, 5.74) is -1.28. The van der Waals surface area contributed by atoms with Gasteiger partial charge in [-0.15, -0.1) is 0 Å². The van der Waals surface area contributed by atoms with Crippen LogP contribution in [0.15, 0.2) is 152 Å². The zero-order valence-electron chi connectivity index (χ0n) is 36.4. The molecule has 3 aliphatic heterocycles. The van der Waals surface area contributed by atoms with E-state index in [1.54, 1.807) is 45.5 Å². The fourth-order valence-corrected chi connectivity index (χ4v) is 13.2. The van der Waals surface area contributed by atoms with Crippen molar-refractivity contribution in [2.24, 2.45) is 0 Å². The smallest absolute Gasteiger partial charge is 0.310 e. The van der Waals surface area contributed by atoms with Crippen molar-refractivity contribution in [1.82, 2.24) is 9.13 Å². The molecule has 2 nitrogen and oxygen atoms in total. The van der Waals surface area contributed by atoms with E-state index in [9.17, 15) is 13.2 Å². The van der Waals surface area contributed by atoms with Crippen LogP contribution in [0.5, 0.6) is 0 Å². The summed E-state index contributed by atoms with van der Waals surface area (Å²) >= 11 is 0. The summed E-state index contributed by atoms with van der Waals surface area (Å²) in [4.78, 5) is 0. The van der Waals surface area contributed by atoms with Crippen molar-refractivity contribution in [3.05, 3.63) is 196 Å². The average Bonchev–Trinajstić information content (AvgIpc) is 3.96. The maximum absolute atomic E-state index is 15.6. The highest BCUT2D eigenvalue weighted by Gasteiger charge is 2.56. The van der Waals surface area contributed by atoms with Crippen LogP contribution in [0.4, 0.5) is 52.7 Å². The lowest BCUT2D eigenvalue weighted by Gasteiger charge is -2.45. The average molecular weight is 977 g/mol. The molecule has 5 heterocycles. The van der Waals surface area contributed by atoms with E-state index in [1.807, 2.05) is 60.7 Å². The third-order valence-corrected chi connectivity index (χ3v) is 15.7. The van der Waals surface area contributed by atoms with Crippen molar-refractivity contribution in [2.45, 2.75) is 30.1 Å². The Bertz CT molecular complexity index is 4310. The molecule has 1 spiro atoms. The van der Waals surface area contributed by atoms with Gasteiger partial charge >= 0.3 is 24.7 Å². The number of rotatable bonds is 1. The highest BCUT2D eigenvalue weighted by molar-refractivity contribution is 7.00. The highest BCUT2D eigenvalue weighted by atomic mass is 19.4. The zero-order valence-corrected chi connectivity index (χ0v) is 36.4. The van der Waals surface area contributed by atoms with E-state index in [0.717, 1.165) is 53.9 Å². The van der Waals surface area contributed by atoms with Crippen LogP contribution in [-0.4, -0.2) is 15.8 Å². The van der Waals surface area contributed by atoms with Crippen molar-refractivity contribution in [1.29, 1.82) is 0 Å². The first kappa shape index (κ1) is 41.8. The van der Waals surface area contributed by atoms with E-state index in [1.165, 1.54) is 6.07 Å². The van der Waals surface area contributed by atoms with Crippen molar-refractivity contribution in [3.8, 4) is 33.6 Å². The molecule has 2 aromatic heterocycles. The van der Waals surface area contributed by atoms with Crippen LogP contribution < -0.4 is 16.4 Å². The second-order valence-electron chi connectivity index (χ2n) is 19.1. The number of halogens is 12. The second-order valence-corrected chi connectivity index (χ2v) is 19.1. The Kier molecular flexibility index (Phi) is 7.51. The molecule has 15 rings (SSSR count). The van der Waals surface area contributed by atoms with Crippen molar-refractivity contribution in [2.75, 3.05) is 0 Å². The van der Waals surface area contributed by atoms with Crippen LogP contribution in [0.25, 0.3) is 88.0 Å². The van der Waals surface area contributed by atoms with Crippen LogP contribution in [0.2, 0.25) is 0 Å². The molecule has 0 radical (unpaired) electrons. The Hall–Kier alpha value is -7.94. The quantitative estimate of drug-likeness (QED) is 0.115. The standard InChI is InChI=1S/C57H25BF12N2/c59-54(60,61)27-16-17-46-35(18-27)36-20-29(56(65,66)67)23-44-49(36)71(46)51-39(32-13-7-9-26-8-1-2-10-31(26)32)25-43-52-47(51)58(44)45-24-30(57(68,69)70)21-38-37-19-28(55(62,63)64)22-42(48(37)72(52)50(38)45)53(43)40-14-5-3-11-33(40)34-12-4-6-15-41(34)53/h1-25H. The molecule has 11 aromatic rings. The molecule has 0 saturated carbocycles. The van der Waals surface area contributed by atoms with Gasteiger partial charge in [0, 0.05) is 43.8 Å².